The number of hydrogen-bond acceptors (Lipinski definition) is 4. The predicted molar refractivity (Wildman–Crippen MR) is 105 cm³/mol. The van der Waals surface area contributed by atoms with E-state index in [1.165, 1.54) is 12.1 Å². The van der Waals surface area contributed by atoms with Gasteiger partial charge in [0.05, 0.1) is 5.52 Å². The van der Waals surface area contributed by atoms with Gasteiger partial charge < -0.3 is 11.1 Å². The highest BCUT2D eigenvalue weighted by atomic mass is 19.1. The Kier molecular flexibility index (Phi) is 4.91. The molecule has 0 saturated carbocycles. The first kappa shape index (κ1) is 17.3. The number of nitrogens with two attached hydrogens (primary N) is 1. The van der Waals surface area contributed by atoms with E-state index in [9.17, 15) is 4.39 Å². The number of rotatable bonds is 6. The van der Waals surface area contributed by atoms with Crippen LogP contribution in [0.2, 0.25) is 0 Å². The first-order valence-corrected chi connectivity index (χ1v) is 8.84. The number of aromatic nitrogens is 3. The quantitative estimate of drug-likeness (QED) is 0.517. The first-order chi connectivity index (χ1) is 13.3. The van der Waals surface area contributed by atoms with E-state index in [0.717, 1.165) is 46.6 Å². The molecule has 0 radical (unpaired) electrons. The van der Waals surface area contributed by atoms with Crippen molar-refractivity contribution in [2.45, 2.75) is 6.54 Å². The largest absolute Gasteiger partial charge is 0.329 e. The second kappa shape index (κ2) is 7.65. The SMILES string of the molecule is NCCNCc1ccc2c(-c3ccncc3)c(-c3ccc(F)cc3)nn2c1. The molecule has 4 rings (SSSR count). The van der Waals surface area contributed by atoms with Crippen molar-refractivity contribution in [1.29, 1.82) is 0 Å². The van der Waals surface area contributed by atoms with Crippen molar-refractivity contribution in [3.63, 3.8) is 0 Å². The van der Waals surface area contributed by atoms with Gasteiger partial charge in [-0.2, -0.15) is 5.10 Å². The van der Waals surface area contributed by atoms with Crippen LogP contribution in [-0.2, 0) is 6.54 Å². The van der Waals surface area contributed by atoms with Crippen LogP contribution in [-0.4, -0.2) is 27.7 Å². The first-order valence-electron chi connectivity index (χ1n) is 8.84. The number of nitrogens with one attached hydrogen (secondary N) is 1. The Morgan fingerprint density at radius 3 is 2.48 bits per heavy atom. The van der Waals surface area contributed by atoms with Gasteiger partial charge in [0.15, 0.2) is 0 Å². The van der Waals surface area contributed by atoms with E-state index in [1.54, 1.807) is 24.5 Å². The molecule has 4 aromatic rings. The summed E-state index contributed by atoms with van der Waals surface area (Å²) in [6, 6.07) is 14.5. The highest BCUT2D eigenvalue weighted by Gasteiger charge is 2.16. The molecule has 0 bridgehead atoms. The molecule has 27 heavy (non-hydrogen) atoms. The molecule has 0 aliphatic carbocycles. The fourth-order valence-corrected chi connectivity index (χ4v) is 3.14. The summed E-state index contributed by atoms with van der Waals surface area (Å²) >= 11 is 0. The second-order valence-corrected chi connectivity index (χ2v) is 6.30. The highest BCUT2D eigenvalue weighted by molar-refractivity contribution is 5.92. The summed E-state index contributed by atoms with van der Waals surface area (Å²) in [5.41, 5.74) is 11.3. The van der Waals surface area contributed by atoms with E-state index in [0.29, 0.717) is 6.54 Å². The van der Waals surface area contributed by atoms with Gasteiger partial charge in [-0.25, -0.2) is 8.91 Å². The van der Waals surface area contributed by atoms with Crippen LogP contribution in [0.5, 0.6) is 0 Å². The minimum absolute atomic E-state index is 0.263. The lowest BCUT2D eigenvalue weighted by molar-refractivity contribution is 0.628. The maximum atomic E-state index is 13.4. The number of hydrogen-bond donors (Lipinski definition) is 2. The van der Waals surface area contributed by atoms with Crippen LogP contribution in [0.15, 0.2) is 67.1 Å². The smallest absolute Gasteiger partial charge is 0.123 e. The summed E-state index contributed by atoms with van der Waals surface area (Å²) in [6.07, 6.45) is 5.54. The highest BCUT2D eigenvalue weighted by Crippen LogP contribution is 2.35. The average molecular weight is 361 g/mol. The van der Waals surface area contributed by atoms with E-state index >= 15 is 0 Å². The van der Waals surface area contributed by atoms with Gasteiger partial charge in [-0.3, -0.25) is 4.98 Å². The minimum Gasteiger partial charge on any atom is -0.329 e. The molecule has 0 amide bonds. The lowest BCUT2D eigenvalue weighted by atomic mass is 10.0. The number of nitrogens with zero attached hydrogens (tertiary/aromatic N) is 3. The molecule has 1 aromatic carbocycles. The average Bonchev–Trinajstić information content (AvgIpc) is 3.08. The molecule has 3 aromatic heterocycles. The molecule has 0 saturated heterocycles. The van der Waals surface area contributed by atoms with E-state index in [1.807, 2.05) is 22.8 Å². The Bertz CT molecular complexity index is 1040. The van der Waals surface area contributed by atoms with Gasteiger partial charge in [0.25, 0.3) is 0 Å². The van der Waals surface area contributed by atoms with E-state index in [4.69, 9.17) is 10.8 Å². The van der Waals surface area contributed by atoms with Crippen LogP contribution in [0.3, 0.4) is 0 Å². The lowest BCUT2D eigenvalue weighted by Crippen LogP contribution is -2.21. The number of benzene rings is 1. The zero-order chi connectivity index (χ0) is 18.6. The van der Waals surface area contributed by atoms with Crippen molar-refractivity contribution in [2.24, 2.45) is 5.73 Å². The standard InChI is InChI=1S/C21H20FN5/c22-18-4-2-17(3-5-18)21-20(16-7-10-24-11-8-16)19-6-1-15(13-25-12-9-23)14-27(19)26-21/h1-8,10-11,14,25H,9,12-13,23H2. The van der Waals surface area contributed by atoms with Crippen LogP contribution in [0.25, 0.3) is 27.9 Å². The normalized spacial score (nSPS) is 11.2. The van der Waals surface area contributed by atoms with Gasteiger partial charge in [0.1, 0.15) is 11.5 Å². The fraction of sp³-hybridized carbons (Fsp3) is 0.143. The molecule has 0 aliphatic heterocycles. The van der Waals surface area contributed by atoms with Crippen LogP contribution in [0.1, 0.15) is 5.56 Å². The number of halogens is 1. The zero-order valence-corrected chi connectivity index (χ0v) is 14.8. The Morgan fingerprint density at radius 2 is 1.74 bits per heavy atom. The van der Waals surface area contributed by atoms with Gasteiger partial charge in [-0.05, 0) is 53.6 Å². The number of pyridine rings is 2. The Labute approximate surface area is 156 Å². The van der Waals surface area contributed by atoms with E-state index < -0.39 is 0 Å². The monoisotopic (exact) mass is 361 g/mol. The van der Waals surface area contributed by atoms with Crippen molar-refractivity contribution in [3.05, 3.63) is 78.5 Å². The minimum atomic E-state index is -0.263. The molecular weight excluding hydrogens is 341 g/mol. The molecule has 6 heteroatoms. The summed E-state index contributed by atoms with van der Waals surface area (Å²) in [6.45, 7) is 2.09. The summed E-state index contributed by atoms with van der Waals surface area (Å²) in [4.78, 5) is 4.11. The van der Waals surface area contributed by atoms with Gasteiger partial charge in [0.2, 0.25) is 0 Å². The van der Waals surface area contributed by atoms with Gasteiger partial charge >= 0.3 is 0 Å². The van der Waals surface area contributed by atoms with Crippen molar-refractivity contribution in [3.8, 4) is 22.4 Å². The van der Waals surface area contributed by atoms with Crippen molar-refractivity contribution in [2.75, 3.05) is 13.1 Å². The third kappa shape index (κ3) is 3.58. The molecule has 0 aliphatic rings. The van der Waals surface area contributed by atoms with Crippen molar-refractivity contribution < 1.29 is 4.39 Å². The third-order valence-corrected chi connectivity index (χ3v) is 4.43. The predicted octanol–water partition coefficient (Wildman–Crippen LogP) is 3.25. The molecular formula is C21H20FN5. The molecule has 3 N–H and O–H groups in total. The topological polar surface area (TPSA) is 68.2 Å². The molecule has 3 heterocycles. The van der Waals surface area contributed by atoms with Crippen LogP contribution < -0.4 is 11.1 Å². The Balaban J connectivity index is 1.85. The second-order valence-electron chi connectivity index (χ2n) is 6.30. The number of fused-ring (bicyclic) bond motifs is 1. The summed E-state index contributed by atoms with van der Waals surface area (Å²) in [7, 11) is 0. The van der Waals surface area contributed by atoms with E-state index in [2.05, 4.69) is 22.4 Å². The van der Waals surface area contributed by atoms with Gasteiger partial charge in [-0.1, -0.05) is 6.07 Å². The molecule has 136 valence electrons. The molecule has 0 atom stereocenters. The molecule has 0 unspecified atom stereocenters. The maximum Gasteiger partial charge on any atom is 0.123 e. The molecule has 0 spiro atoms. The fourth-order valence-electron chi connectivity index (χ4n) is 3.14. The van der Waals surface area contributed by atoms with Crippen LogP contribution in [0.4, 0.5) is 4.39 Å². The summed E-state index contributed by atoms with van der Waals surface area (Å²) in [5, 5.41) is 8.09. The van der Waals surface area contributed by atoms with Crippen LogP contribution >= 0.6 is 0 Å². The Hall–Kier alpha value is -3.09. The van der Waals surface area contributed by atoms with E-state index in [-0.39, 0.29) is 5.82 Å². The van der Waals surface area contributed by atoms with Crippen LogP contribution in [0, 0.1) is 5.82 Å². The van der Waals surface area contributed by atoms with Gasteiger partial charge in [-0.15, -0.1) is 0 Å². The lowest BCUT2D eigenvalue weighted by Gasteiger charge is -2.05. The Morgan fingerprint density at radius 1 is 0.963 bits per heavy atom. The van der Waals surface area contributed by atoms with Crippen molar-refractivity contribution in [1.82, 2.24) is 19.9 Å². The summed E-state index contributed by atoms with van der Waals surface area (Å²) < 4.78 is 15.3. The molecule has 5 nitrogen and oxygen atoms in total. The maximum absolute atomic E-state index is 13.4. The van der Waals surface area contributed by atoms with Gasteiger partial charge in [0, 0.05) is 49.4 Å². The molecule has 0 fully saturated rings. The summed E-state index contributed by atoms with van der Waals surface area (Å²) in [5.74, 6) is -0.263. The zero-order valence-electron chi connectivity index (χ0n) is 14.8. The van der Waals surface area contributed by atoms with Crippen molar-refractivity contribution >= 4 is 5.52 Å². The third-order valence-electron chi connectivity index (χ3n) is 4.43.